The van der Waals surface area contributed by atoms with Crippen molar-refractivity contribution >= 4 is 23.4 Å². The van der Waals surface area contributed by atoms with E-state index in [9.17, 15) is 4.79 Å². The van der Waals surface area contributed by atoms with Crippen molar-refractivity contribution in [2.24, 2.45) is 0 Å². The summed E-state index contributed by atoms with van der Waals surface area (Å²) < 4.78 is 0. The number of carbonyl (C=O) groups is 1. The van der Waals surface area contributed by atoms with Crippen LogP contribution in [0.2, 0.25) is 0 Å². The summed E-state index contributed by atoms with van der Waals surface area (Å²) in [4.78, 5) is 13.2. The summed E-state index contributed by atoms with van der Waals surface area (Å²) in [6, 6.07) is 8.48. The van der Waals surface area contributed by atoms with Crippen molar-refractivity contribution in [3.8, 4) is 0 Å². The number of benzene rings is 1. The van der Waals surface area contributed by atoms with E-state index in [0.717, 1.165) is 18.0 Å². The number of carboxylic acid groups (broad SMARTS) is 1. The Labute approximate surface area is 112 Å². The lowest BCUT2D eigenvalue weighted by Gasteiger charge is -2.32. The van der Waals surface area contributed by atoms with Crippen molar-refractivity contribution in [3.63, 3.8) is 0 Å². The summed E-state index contributed by atoms with van der Waals surface area (Å²) in [7, 11) is 0. The molecule has 4 heteroatoms. The van der Waals surface area contributed by atoms with Crippen LogP contribution in [0.3, 0.4) is 0 Å². The molecule has 0 aromatic heterocycles. The van der Waals surface area contributed by atoms with Crippen molar-refractivity contribution in [2.45, 2.75) is 25.0 Å². The van der Waals surface area contributed by atoms with Crippen molar-refractivity contribution < 1.29 is 9.90 Å². The van der Waals surface area contributed by atoms with E-state index in [1.807, 2.05) is 0 Å². The van der Waals surface area contributed by atoms with Gasteiger partial charge in [0.2, 0.25) is 0 Å². The Kier molecular flexibility index (Phi) is 4.17. The van der Waals surface area contributed by atoms with Gasteiger partial charge in [-0.15, -0.1) is 11.8 Å². The number of hydrogen-bond acceptors (Lipinski definition) is 3. The molecule has 1 N–H and O–H groups in total. The maximum Gasteiger partial charge on any atom is 0.318 e. The van der Waals surface area contributed by atoms with Gasteiger partial charge in [0.05, 0.1) is 0 Å². The minimum absolute atomic E-state index is 0.302. The van der Waals surface area contributed by atoms with Crippen LogP contribution in [0.5, 0.6) is 0 Å². The normalized spacial score (nSPS) is 20.2. The van der Waals surface area contributed by atoms with Gasteiger partial charge in [-0.3, -0.25) is 4.79 Å². The molecule has 1 fully saturated rings. The lowest BCUT2D eigenvalue weighted by atomic mass is 10.0. The van der Waals surface area contributed by atoms with Crippen molar-refractivity contribution in [3.05, 3.63) is 29.8 Å². The molecule has 1 aromatic carbocycles. The van der Waals surface area contributed by atoms with Gasteiger partial charge in [-0.2, -0.15) is 0 Å². The molecule has 1 heterocycles. The van der Waals surface area contributed by atoms with E-state index in [0.29, 0.717) is 12.5 Å². The Morgan fingerprint density at radius 2 is 2.06 bits per heavy atom. The third-order valence-electron chi connectivity index (χ3n) is 3.27. The molecule has 3 nitrogen and oxygen atoms in total. The molecule has 0 saturated carbocycles. The summed E-state index contributed by atoms with van der Waals surface area (Å²) in [6.45, 7) is 5.87. The van der Waals surface area contributed by atoms with E-state index in [1.54, 1.807) is 0 Å². The number of hydrogen-bond donors (Lipinski definition) is 1. The van der Waals surface area contributed by atoms with Crippen LogP contribution in [0.1, 0.15) is 25.3 Å². The van der Waals surface area contributed by atoms with Crippen LogP contribution in [0, 0.1) is 0 Å². The average molecular weight is 265 g/mol. The highest BCUT2D eigenvalue weighted by molar-refractivity contribution is 8.00. The van der Waals surface area contributed by atoms with Crippen LogP contribution in [0.15, 0.2) is 24.3 Å². The summed E-state index contributed by atoms with van der Waals surface area (Å²) in [5.41, 5.74) is 2.45. The van der Waals surface area contributed by atoms with Gasteiger partial charge in [-0.05, 0) is 23.6 Å². The second-order valence-electron chi connectivity index (χ2n) is 4.89. The number of aliphatic carboxylic acids is 1. The second kappa shape index (κ2) is 5.65. The van der Waals surface area contributed by atoms with Crippen LogP contribution in [-0.4, -0.2) is 35.2 Å². The third-order valence-corrected chi connectivity index (χ3v) is 4.44. The van der Waals surface area contributed by atoms with Crippen LogP contribution in [-0.2, 0) is 4.79 Å². The molecule has 0 bridgehead atoms. The zero-order chi connectivity index (χ0) is 13.1. The fraction of sp³-hybridized carbons (Fsp3) is 0.500. The van der Waals surface area contributed by atoms with Gasteiger partial charge in [0, 0.05) is 24.5 Å². The minimum Gasteiger partial charge on any atom is -0.480 e. The zero-order valence-electron chi connectivity index (χ0n) is 10.8. The van der Waals surface area contributed by atoms with E-state index < -0.39 is 5.97 Å². The van der Waals surface area contributed by atoms with Gasteiger partial charge in [0.15, 0.2) is 0 Å². The zero-order valence-corrected chi connectivity index (χ0v) is 11.6. The smallest absolute Gasteiger partial charge is 0.318 e. The van der Waals surface area contributed by atoms with Crippen molar-refractivity contribution in [1.82, 2.24) is 0 Å². The van der Waals surface area contributed by atoms with Crippen LogP contribution in [0.4, 0.5) is 5.69 Å². The van der Waals surface area contributed by atoms with E-state index in [1.165, 1.54) is 17.3 Å². The highest BCUT2D eigenvalue weighted by Gasteiger charge is 2.26. The molecule has 2 rings (SSSR count). The Bertz CT molecular complexity index is 416. The number of rotatable bonds is 3. The molecule has 0 radical (unpaired) electrons. The van der Waals surface area contributed by atoms with E-state index >= 15 is 0 Å². The molecule has 0 amide bonds. The maximum absolute atomic E-state index is 11.0. The van der Waals surface area contributed by atoms with Crippen molar-refractivity contribution in [1.29, 1.82) is 0 Å². The first kappa shape index (κ1) is 13.3. The molecule has 0 aliphatic carbocycles. The summed E-state index contributed by atoms with van der Waals surface area (Å²) >= 11 is 1.54. The Hall–Kier alpha value is -1.16. The predicted octanol–water partition coefficient (Wildman–Crippen LogP) is 2.82. The first-order valence-corrected chi connectivity index (χ1v) is 7.32. The molecular formula is C14H19NO2S. The average Bonchev–Trinajstić information content (AvgIpc) is 2.39. The standard InChI is InChI=1S/C14H19NO2S/c1-10(2)11-3-5-12(6-4-11)15-7-8-18-13(9-15)14(16)17/h3-6,10,13H,7-9H2,1-2H3,(H,16,17). The van der Waals surface area contributed by atoms with Gasteiger partial charge in [-0.1, -0.05) is 26.0 Å². The summed E-state index contributed by atoms with van der Waals surface area (Å²) in [5.74, 6) is 0.703. The van der Waals surface area contributed by atoms with Crippen molar-refractivity contribution in [2.75, 3.05) is 23.7 Å². The lowest BCUT2D eigenvalue weighted by Crippen LogP contribution is -2.41. The molecule has 1 aliphatic heterocycles. The molecular weight excluding hydrogens is 246 g/mol. The largest absolute Gasteiger partial charge is 0.480 e. The second-order valence-corrected chi connectivity index (χ2v) is 6.20. The van der Waals surface area contributed by atoms with Crippen LogP contribution < -0.4 is 4.90 Å². The first-order valence-electron chi connectivity index (χ1n) is 6.27. The SMILES string of the molecule is CC(C)c1ccc(N2CCSC(C(=O)O)C2)cc1. The topological polar surface area (TPSA) is 40.5 Å². The van der Waals surface area contributed by atoms with E-state index in [-0.39, 0.29) is 5.25 Å². The molecule has 1 aromatic rings. The molecule has 1 unspecified atom stereocenters. The van der Waals surface area contributed by atoms with E-state index in [4.69, 9.17) is 5.11 Å². The molecule has 0 spiro atoms. The van der Waals surface area contributed by atoms with Gasteiger partial charge in [-0.25, -0.2) is 0 Å². The van der Waals surface area contributed by atoms with Gasteiger partial charge in [0.25, 0.3) is 0 Å². The van der Waals surface area contributed by atoms with Gasteiger partial charge >= 0.3 is 5.97 Å². The first-order chi connectivity index (χ1) is 8.58. The van der Waals surface area contributed by atoms with Crippen LogP contribution in [0.25, 0.3) is 0 Å². The quantitative estimate of drug-likeness (QED) is 0.912. The Morgan fingerprint density at radius 3 is 2.61 bits per heavy atom. The number of nitrogens with zero attached hydrogens (tertiary/aromatic N) is 1. The molecule has 1 atom stereocenters. The molecule has 1 saturated heterocycles. The van der Waals surface area contributed by atoms with Gasteiger partial charge in [0.1, 0.15) is 5.25 Å². The van der Waals surface area contributed by atoms with Crippen LogP contribution >= 0.6 is 11.8 Å². The molecule has 1 aliphatic rings. The highest BCUT2D eigenvalue weighted by atomic mass is 32.2. The lowest BCUT2D eigenvalue weighted by molar-refractivity contribution is -0.136. The van der Waals surface area contributed by atoms with E-state index in [2.05, 4.69) is 43.0 Å². The number of carboxylic acids is 1. The summed E-state index contributed by atoms with van der Waals surface area (Å²) in [6.07, 6.45) is 0. The molecule has 18 heavy (non-hydrogen) atoms. The molecule has 98 valence electrons. The highest BCUT2D eigenvalue weighted by Crippen LogP contribution is 2.25. The number of anilines is 1. The predicted molar refractivity (Wildman–Crippen MR) is 76.6 cm³/mol. The summed E-state index contributed by atoms with van der Waals surface area (Å²) in [5, 5.41) is 8.77. The monoisotopic (exact) mass is 265 g/mol. The minimum atomic E-state index is -0.705. The number of thioether (sulfide) groups is 1. The fourth-order valence-electron chi connectivity index (χ4n) is 2.10. The Balaban J connectivity index is 2.09. The van der Waals surface area contributed by atoms with Gasteiger partial charge < -0.3 is 10.0 Å². The third kappa shape index (κ3) is 2.99. The maximum atomic E-state index is 11.0. The fourth-order valence-corrected chi connectivity index (χ4v) is 3.14. The Morgan fingerprint density at radius 1 is 1.39 bits per heavy atom.